The molecule has 142 valence electrons. The van der Waals surface area contributed by atoms with Crippen LogP contribution in [0.25, 0.3) is 0 Å². The molecule has 2 aromatic rings. The maximum atomic E-state index is 12.2. The third kappa shape index (κ3) is 4.32. The van der Waals surface area contributed by atoms with E-state index < -0.39 is 6.09 Å². The van der Waals surface area contributed by atoms with E-state index in [2.05, 4.69) is 10.2 Å². The lowest BCUT2D eigenvalue weighted by atomic mass is 10.0. The highest BCUT2D eigenvalue weighted by molar-refractivity contribution is 5.70. The van der Waals surface area contributed by atoms with Crippen LogP contribution in [-0.2, 0) is 4.74 Å². The first kappa shape index (κ1) is 17.6. The van der Waals surface area contributed by atoms with Crippen molar-refractivity contribution in [1.82, 2.24) is 10.2 Å². The van der Waals surface area contributed by atoms with E-state index in [1.807, 2.05) is 36.4 Å². The molecular weight excluding hydrogens is 348 g/mol. The van der Waals surface area contributed by atoms with Gasteiger partial charge in [0.2, 0.25) is 6.79 Å². The van der Waals surface area contributed by atoms with Crippen LogP contribution in [0, 0.1) is 0 Å². The smallest absolute Gasteiger partial charge is 0.412 e. The zero-order chi connectivity index (χ0) is 18.5. The van der Waals surface area contributed by atoms with E-state index >= 15 is 0 Å². The number of ether oxygens (including phenoxy) is 4. The molecule has 0 radical (unpaired) electrons. The van der Waals surface area contributed by atoms with Crippen LogP contribution in [-0.4, -0.2) is 50.6 Å². The lowest BCUT2D eigenvalue weighted by Crippen LogP contribution is -2.44. The quantitative estimate of drug-likeness (QED) is 0.873. The predicted molar refractivity (Wildman–Crippen MR) is 98.2 cm³/mol. The summed E-state index contributed by atoms with van der Waals surface area (Å²) in [5.41, 5.74) is 1.06. The molecule has 2 aliphatic heterocycles. The number of para-hydroxylation sites is 1. The van der Waals surface area contributed by atoms with Crippen molar-refractivity contribution in [3.63, 3.8) is 0 Å². The number of hydrogen-bond donors (Lipinski definition) is 1. The van der Waals surface area contributed by atoms with Gasteiger partial charge in [0.15, 0.2) is 11.5 Å². The van der Waals surface area contributed by atoms with Crippen molar-refractivity contribution in [2.75, 3.05) is 39.6 Å². The summed E-state index contributed by atoms with van der Waals surface area (Å²) in [6.07, 6.45) is -0.472. The van der Waals surface area contributed by atoms with Gasteiger partial charge in [0.25, 0.3) is 0 Å². The lowest BCUT2D eigenvalue weighted by molar-refractivity contribution is 0.0164. The normalized spacial score (nSPS) is 17.3. The van der Waals surface area contributed by atoms with Crippen molar-refractivity contribution >= 4 is 6.09 Å². The number of benzene rings is 2. The lowest BCUT2D eigenvalue weighted by Gasteiger charge is -2.34. The monoisotopic (exact) mass is 370 g/mol. The fourth-order valence-corrected chi connectivity index (χ4v) is 3.28. The predicted octanol–water partition coefficient (Wildman–Crippen LogP) is 2.58. The van der Waals surface area contributed by atoms with Crippen LogP contribution < -0.4 is 19.5 Å². The summed E-state index contributed by atoms with van der Waals surface area (Å²) in [5.74, 6) is 1.99. The van der Waals surface area contributed by atoms with Gasteiger partial charge in [-0.1, -0.05) is 24.3 Å². The van der Waals surface area contributed by atoms with Gasteiger partial charge >= 0.3 is 6.09 Å². The Bertz CT molecular complexity index is 777. The number of hydrogen-bond acceptors (Lipinski definition) is 6. The van der Waals surface area contributed by atoms with Gasteiger partial charge in [-0.15, -0.1) is 0 Å². The Morgan fingerprint density at radius 3 is 2.67 bits per heavy atom. The molecule has 4 rings (SSSR count). The van der Waals surface area contributed by atoms with Crippen LogP contribution >= 0.6 is 0 Å². The zero-order valence-electron chi connectivity index (χ0n) is 14.9. The van der Waals surface area contributed by atoms with Gasteiger partial charge in [0.05, 0.1) is 19.3 Å². The van der Waals surface area contributed by atoms with Crippen molar-refractivity contribution in [3.8, 4) is 17.2 Å². The minimum Gasteiger partial charge on any atom is -0.454 e. The summed E-state index contributed by atoms with van der Waals surface area (Å²) in [7, 11) is 0. The van der Waals surface area contributed by atoms with Gasteiger partial charge in [-0.05, 0) is 29.8 Å². The average Bonchev–Trinajstić information content (AvgIpc) is 3.18. The summed E-state index contributed by atoms with van der Waals surface area (Å²) in [4.78, 5) is 14.5. The third-order valence-electron chi connectivity index (χ3n) is 4.66. The number of fused-ring (bicyclic) bond motifs is 1. The minimum absolute atomic E-state index is 0.00766. The number of amides is 1. The topological polar surface area (TPSA) is 69.3 Å². The highest BCUT2D eigenvalue weighted by atomic mass is 16.7. The molecule has 1 fully saturated rings. The summed E-state index contributed by atoms with van der Waals surface area (Å²) in [5, 5.41) is 2.88. The molecule has 0 aromatic heterocycles. The maximum absolute atomic E-state index is 12.2. The second kappa shape index (κ2) is 8.28. The Balaban J connectivity index is 1.45. The van der Waals surface area contributed by atoms with Crippen molar-refractivity contribution in [2.24, 2.45) is 0 Å². The first-order valence-electron chi connectivity index (χ1n) is 9.02. The first-order chi connectivity index (χ1) is 13.3. The van der Waals surface area contributed by atoms with Crippen molar-refractivity contribution in [3.05, 3.63) is 54.1 Å². The van der Waals surface area contributed by atoms with Crippen molar-refractivity contribution in [1.29, 1.82) is 0 Å². The fraction of sp³-hybridized carbons (Fsp3) is 0.350. The van der Waals surface area contributed by atoms with E-state index in [0.717, 1.165) is 30.2 Å². The highest BCUT2D eigenvalue weighted by Gasteiger charge is 2.25. The molecule has 0 aliphatic carbocycles. The van der Waals surface area contributed by atoms with Crippen LogP contribution in [0.3, 0.4) is 0 Å². The molecule has 0 bridgehead atoms. The van der Waals surface area contributed by atoms with E-state index in [9.17, 15) is 4.79 Å². The summed E-state index contributed by atoms with van der Waals surface area (Å²) < 4.78 is 21.7. The van der Waals surface area contributed by atoms with E-state index in [4.69, 9.17) is 18.9 Å². The van der Waals surface area contributed by atoms with Gasteiger partial charge < -0.3 is 24.3 Å². The van der Waals surface area contributed by atoms with Crippen LogP contribution in [0.1, 0.15) is 11.6 Å². The number of nitrogens with zero attached hydrogens (tertiary/aromatic N) is 1. The Hall–Kier alpha value is -2.77. The molecule has 27 heavy (non-hydrogen) atoms. The molecule has 2 heterocycles. The molecular formula is C20H22N2O5. The number of nitrogens with one attached hydrogen (secondary N) is 1. The Morgan fingerprint density at radius 1 is 1.07 bits per heavy atom. The third-order valence-corrected chi connectivity index (χ3v) is 4.66. The summed E-state index contributed by atoms with van der Waals surface area (Å²) in [6, 6.07) is 14.9. The summed E-state index contributed by atoms with van der Waals surface area (Å²) >= 11 is 0. The number of carbonyl (C=O) groups excluding carboxylic acids is 1. The van der Waals surface area contributed by atoms with Gasteiger partial charge in [-0.3, -0.25) is 4.90 Å². The Labute approximate surface area is 157 Å². The molecule has 0 unspecified atom stereocenters. The maximum Gasteiger partial charge on any atom is 0.412 e. The van der Waals surface area contributed by atoms with Gasteiger partial charge in [0, 0.05) is 19.6 Å². The molecule has 1 atom stereocenters. The molecule has 2 aliphatic rings. The Kier molecular flexibility index (Phi) is 5.41. The fourth-order valence-electron chi connectivity index (χ4n) is 3.28. The number of carbonyl (C=O) groups is 1. The Morgan fingerprint density at radius 2 is 1.85 bits per heavy atom. The van der Waals surface area contributed by atoms with Crippen molar-refractivity contribution in [2.45, 2.75) is 6.04 Å². The minimum atomic E-state index is -0.472. The van der Waals surface area contributed by atoms with Crippen LogP contribution in [0.4, 0.5) is 4.79 Å². The first-order valence-corrected chi connectivity index (χ1v) is 9.02. The van der Waals surface area contributed by atoms with E-state index in [1.165, 1.54) is 0 Å². The summed E-state index contributed by atoms with van der Waals surface area (Å²) in [6.45, 7) is 3.61. The second-order valence-electron chi connectivity index (χ2n) is 6.36. The zero-order valence-corrected chi connectivity index (χ0v) is 14.9. The number of morpholine rings is 1. The molecule has 7 nitrogen and oxygen atoms in total. The van der Waals surface area contributed by atoms with Crippen LogP contribution in [0.2, 0.25) is 0 Å². The number of rotatable bonds is 5. The molecule has 1 amide bonds. The molecule has 1 N–H and O–H groups in total. The van der Waals surface area contributed by atoms with Crippen molar-refractivity contribution < 1.29 is 23.7 Å². The van der Waals surface area contributed by atoms with Gasteiger partial charge in [-0.2, -0.15) is 0 Å². The van der Waals surface area contributed by atoms with E-state index in [0.29, 0.717) is 25.5 Å². The largest absolute Gasteiger partial charge is 0.454 e. The van der Waals surface area contributed by atoms with E-state index in [1.54, 1.807) is 12.1 Å². The van der Waals surface area contributed by atoms with Gasteiger partial charge in [0.1, 0.15) is 5.75 Å². The van der Waals surface area contributed by atoms with Crippen LogP contribution in [0.15, 0.2) is 48.5 Å². The SMILES string of the molecule is O=C(NC[C@@H](c1ccc2c(c1)OCO2)N1CCOCC1)Oc1ccccc1. The van der Waals surface area contributed by atoms with Crippen LogP contribution in [0.5, 0.6) is 17.2 Å². The molecule has 1 saturated heterocycles. The standard InChI is InChI=1S/C20H22N2O5/c23-20(27-16-4-2-1-3-5-16)21-13-17(22-8-10-24-11-9-22)15-6-7-18-19(12-15)26-14-25-18/h1-7,12,17H,8-11,13-14H2,(H,21,23)/t17-/m0/s1. The molecule has 2 aromatic carbocycles. The second-order valence-corrected chi connectivity index (χ2v) is 6.36. The van der Waals surface area contributed by atoms with E-state index in [-0.39, 0.29) is 12.8 Å². The average molecular weight is 370 g/mol. The molecule has 0 spiro atoms. The molecule has 7 heteroatoms. The van der Waals surface area contributed by atoms with Gasteiger partial charge in [-0.25, -0.2) is 4.79 Å². The molecule has 0 saturated carbocycles. The highest BCUT2D eigenvalue weighted by Crippen LogP contribution is 2.35.